The number of benzene rings is 1. The van der Waals surface area contributed by atoms with Crippen LogP contribution in [-0.2, 0) is 9.53 Å². The molecule has 0 unspecified atom stereocenters. The summed E-state index contributed by atoms with van der Waals surface area (Å²) in [5, 5.41) is 12.6. The molecule has 0 bridgehead atoms. The van der Waals surface area contributed by atoms with E-state index in [-0.39, 0.29) is 5.57 Å². The quantitative estimate of drug-likeness (QED) is 0.629. The highest BCUT2D eigenvalue weighted by molar-refractivity contribution is 6.42. The topological polar surface area (TPSA) is 78.5 Å². The molecule has 3 rings (SSSR count). The van der Waals surface area contributed by atoms with Crippen molar-refractivity contribution in [3.05, 3.63) is 51.7 Å². The summed E-state index contributed by atoms with van der Waals surface area (Å²) in [4.78, 5) is 14.4. The molecule has 1 N–H and O–H groups in total. The maximum Gasteiger partial charge on any atom is 0.266 e. The van der Waals surface area contributed by atoms with Gasteiger partial charge in [0.05, 0.1) is 23.3 Å². The van der Waals surface area contributed by atoms with E-state index in [1.54, 1.807) is 18.2 Å². The van der Waals surface area contributed by atoms with E-state index < -0.39 is 5.91 Å². The minimum atomic E-state index is -0.560. The maximum absolute atomic E-state index is 12.3. The second-order valence-electron chi connectivity index (χ2n) is 5.53. The van der Waals surface area contributed by atoms with Gasteiger partial charge < -0.3 is 19.4 Å². The molecule has 134 valence electrons. The monoisotopic (exact) mass is 391 g/mol. The Bertz CT molecular complexity index is 880. The number of carbonyl (C=O) groups is 1. The number of furan rings is 1. The van der Waals surface area contributed by atoms with Crippen LogP contribution < -0.4 is 10.2 Å². The molecule has 0 saturated carbocycles. The fraction of sp³-hybridized carbons (Fsp3) is 0.222. The van der Waals surface area contributed by atoms with Gasteiger partial charge in [-0.3, -0.25) is 4.79 Å². The van der Waals surface area contributed by atoms with Crippen molar-refractivity contribution >= 4 is 46.8 Å². The first-order valence-corrected chi connectivity index (χ1v) is 8.63. The third kappa shape index (κ3) is 4.38. The van der Waals surface area contributed by atoms with E-state index in [4.69, 9.17) is 32.4 Å². The minimum Gasteiger partial charge on any atom is -0.441 e. The minimum absolute atomic E-state index is 0.0843. The normalized spacial score (nSPS) is 14.8. The van der Waals surface area contributed by atoms with E-state index in [1.807, 2.05) is 17.0 Å². The molecule has 0 aliphatic carbocycles. The fourth-order valence-corrected chi connectivity index (χ4v) is 2.73. The predicted molar refractivity (Wildman–Crippen MR) is 100 cm³/mol. The van der Waals surface area contributed by atoms with Gasteiger partial charge in [-0.25, -0.2) is 0 Å². The highest BCUT2D eigenvalue weighted by Crippen LogP contribution is 2.26. The summed E-state index contributed by atoms with van der Waals surface area (Å²) >= 11 is 11.8. The lowest BCUT2D eigenvalue weighted by Crippen LogP contribution is -2.35. The number of ether oxygens (including phenoxy) is 1. The van der Waals surface area contributed by atoms with Crippen LogP contribution in [0.1, 0.15) is 5.76 Å². The number of hydrogen-bond acceptors (Lipinski definition) is 5. The summed E-state index contributed by atoms with van der Waals surface area (Å²) in [6.45, 7) is 2.75. The molecule has 0 atom stereocenters. The summed E-state index contributed by atoms with van der Waals surface area (Å²) in [7, 11) is 0. The van der Waals surface area contributed by atoms with Gasteiger partial charge in [0.1, 0.15) is 17.4 Å². The number of amides is 1. The third-order valence-electron chi connectivity index (χ3n) is 3.76. The van der Waals surface area contributed by atoms with Crippen LogP contribution in [0.3, 0.4) is 0 Å². The summed E-state index contributed by atoms with van der Waals surface area (Å²) in [6.07, 6.45) is 1.40. The molecule has 0 spiro atoms. The van der Waals surface area contributed by atoms with Gasteiger partial charge in [0.15, 0.2) is 5.88 Å². The predicted octanol–water partition coefficient (Wildman–Crippen LogP) is 3.97. The molecule has 6 nitrogen and oxygen atoms in total. The number of morpholine rings is 1. The molecule has 1 saturated heterocycles. The zero-order chi connectivity index (χ0) is 18.5. The highest BCUT2D eigenvalue weighted by atomic mass is 35.5. The van der Waals surface area contributed by atoms with E-state index in [0.717, 1.165) is 13.1 Å². The van der Waals surface area contributed by atoms with E-state index in [1.165, 1.54) is 12.1 Å². The number of nitrogens with one attached hydrogen (secondary N) is 1. The number of anilines is 2. The third-order valence-corrected chi connectivity index (χ3v) is 4.50. The number of rotatable bonds is 4. The van der Waals surface area contributed by atoms with Crippen LogP contribution in [0.2, 0.25) is 10.0 Å². The van der Waals surface area contributed by atoms with Gasteiger partial charge in [-0.15, -0.1) is 0 Å². The van der Waals surface area contributed by atoms with Crippen molar-refractivity contribution in [2.75, 3.05) is 36.5 Å². The van der Waals surface area contributed by atoms with Crippen molar-refractivity contribution in [2.24, 2.45) is 0 Å². The Labute approximate surface area is 160 Å². The Morgan fingerprint density at radius 2 is 1.96 bits per heavy atom. The molecule has 2 aromatic rings. The largest absolute Gasteiger partial charge is 0.441 e. The second kappa shape index (κ2) is 8.28. The van der Waals surface area contributed by atoms with Crippen molar-refractivity contribution in [3.8, 4) is 6.07 Å². The lowest BCUT2D eigenvalue weighted by molar-refractivity contribution is -0.112. The van der Waals surface area contributed by atoms with E-state index >= 15 is 0 Å². The molecule has 1 aliphatic rings. The molecule has 0 radical (unpaired) electrons. The number of halogens is 2. The van der Waals surface area contributed by atoms with Crippen molar-refractivity contribution in [1.82, 2.24) is 0 Å². The van der Waals surface area contributed by atoms with Gasteiger partial charge in [-0.05, 0) is 24.3 Å². The molecule has 1 aliphatic heterocycles. The van der Waals surface area contributed by atoms with Crippen LogP contribution in [0, 0.1) is 11.3 Å². The lowest BCUT2D eigenvalue weighted by atomic mass is 10.2. The Hall–Kier alpha value is -2.46. The summed E-state index contributed by atoms with van der Waals surface area (Å²) in [6, 6.07) is 10.1. The van der Waals surface area contributed by atoms with Crippen LogP contribution in [-0.4, -0.2) is 32.2 Å². The van der Waals surface area contributed by atoms with Gasteiger partial charge >= 0.3 is 0 Å². The highest BCUT2D eigenvalue weighted by Gasteiger charge is 2.16. The Balaban J connectivity index is 1.73. The Kier molecular flexibility index (Phi) is 5.84. The van der Waals surface area contributed by atoms with E-state index in [2.05, 4.69) is 5.32 Å². The standard InChI is InChI=1S/C18H15Cl2N3O3/c19-15-3-1-13(10-16(15)20)22-18(24)12(11-21)9-14-2-4-17(26-14)23-5-7-25-8-6-23/h1-4,9-10H,5-8H2,(H,22,24)/b12-9+. The van der Waals surface area contributed by atoms with Crippen LogP contribution in [0.15, 0.2) is 40.3 Å². The van der Waals surface area contributed by atoms with Crippen LogP contribution in [0.25, 0.3) is 6.08 Å². The fourth-order valence-electron chi connectivity index (χ4n) is 2.44. The van der Waals surface area contributed by atoms with Gasteiger partial charge in [-0.1, -0.05) is 23.2 Å². The lowest BCUT2D eigenvalue weighted by Gasteiger charge is -2.26. The maximum atomic E-state index is 12.3. The zero-order valence-electron chi connectivity index (χ0n) is 13.7. The number of carbonyl (C=O) groups excluding carboxylic acids is 1. The van der Waals surface area contributed by atoms with Gasteiger partial charge in [0.25, 0.3) is 5.91 Å². The van der Waals surface area contributed by atoms with Crippen molar-refractivity contribution < 1.29 is 13.9 Å². The summed E-state index contributed by atoms with van der Waals surface area (Å²) < 4.78 is 11.0. The molecule has 1 fully saturated rings. The average Bonchev–Trinajstić information content (AvgIpc) is 3.12. The molecule has 8 heteroatoms. The Morgan fingerprint density at radius 1 is 1.19 bits per heavy atom. The molecule has 1 amide bonds. The van der Waals surface area contributed by atoms with Crippen LogP contribution in [0.5, 0.6) is 0 Å². The van der Waals surface area contributed by atoms with Crippen LogP contribution in [0.4, 0.5) is 11.6 Å². The zero-order valence-corrected chi connectivity index (χ0v) is 15.2. The van der Waals surface area contributed by atoms with Crippen molar-refractivity contribution in [1.29, 1.82) is 5.26 Å². The number of nitriles is 1. The molecular formula is C18H15Cl2N3O3. The number of hydrogen-bond donors (Lipinski definition) is 1. The van der Waals surface area contributed by atoms with E-state index in [0.29, 0.717) is 40.6 Å². The molecule has 1 aromatic heterocycles. The second-order valence-corrected chi connectivity index (χ2v) is 6.34. The van der Waals surface area contributed by atoms with Gasteiger partial charge in [0.2, 0.25) is 0 Å². The van der Waals surface area contributed by atoms with Crippen LogP contribution >= 0.6 is 23.2 Å². The van der Waals surface area contributed by atoms with Gasteiger partial charge in [-0.2, -0.15) is 5.26 Å². The first-order chi connectivity index (χ1) is 12.6. The number of nitrogens with zero attached hydrogens (tertiary/aromatic N) is 2. The van der Waals surface area contributed by atoms with Crippen molar-refractivity contribution in [3.63, 3.8) is 0 Å². The molecule has 2 heterocycles. The molecule has 26 heavy (non-hydrogen) atoms. The average molecular weight is 392 g/mol. The Morgan fingerprint density at radius 3 is 2.65 bits per heavy atom. The molecule has 1 aromatic carbocycles. The summed E-state index contributed by atoms with van der Waals surface area (Å²) in [5.74, 6) is 0.546. The SMILES string of the molecule is N#C/C(=C\c1ccc(N2CCOCC2)o1)C(=O)Nc1ccc(Cl)c(Cl)c1. The summed E-state index contributed by atoms with van der Waals surface area (Å²) in [5.41, 5.74) is 0.359. The van der Waals surface area contributed by atoms with E-state index in [9.17, 15) is 10.1 Å². The first-order valence-electron chi connectivity index (χ1n) is 7.87. The smallest absolute Gasteiger partial charge is 0.266 e. The van der Waals surface area contributed by atoms with Gasteiger partial charge in [0, 0.05) is 30.9 Å². The molecular weight excluding hydrogens is 377 g/mol. The first kappa shape index (κ1) is 18.3. The van der Waals surface area contributed by atoms with Crippen molar-refractivity contribution in [2.45, 2.75) is 0 Å².